The lowest BCUT2D eigenvalue weighted by atomic mass is 10.1. The second-order valence-electron chi connectivity index (χ2n) is 7.59. The molecule has 0 saturated carbocycles. The molecule has 7 nitrogen and oxygen atoms in total. The van der Waals surface area contributed by atoms with Crippen molar-refractivity contribution in [2.75, 3.05) is 11.5 Å². The number of nitrogens with one attached hydrogen (secondary N) is 1. The zero-order valence-corrected chi connectivity index (χ0v) is 19.8. The van der Waals surface area contributed by atoms with E-state index in [1.807, 2.05) is 0 Å². The van der Waals surface area contributed by atoms with Gasteiger partial charge in [0.15, 0.2) is 16.4 Å². The van der Waals surface area contributed by atoms with Crippen molar-refractivity contribution >= 4 is 61.7 Å². The fourth-order valence-corrected chi connectivity index (χ4v) is 5.50. The molecule has 32 heavy (non-hydrogen) atoms. The van der Waals surface area contributed by atoms with E-state index in [1.54, 1.807) is 67.3 Å². The molecule has 166 valence electrons. The first-order valence-electron chi connectivity index (χ1n) is 9.80. The number of sulfone groups is 1. The summed E-state index contributed by atoms with van der Waals surface area (Å²) in [5.74, 6) is 0.0374. The van der Waals surface area contributed by atoms with E-state index in [4.69, 9.17) is 17.0 Å². The van der Waals surface area contributed by atoms with Gasteiger partial charge < -0.3 is 15.0 Å². The van der Waals surface area contributed by atoms with Crippen LogP contribution in [0.25, 0.3) is 6.08 Å². The highest BCUT2D eigenvalue weighted by molar-refractivity contribution is 8.26. The van der Waals surface area contributed by atoms with E-state index >= 15 is 0 Å². The van der Waals surface area contributed by atoms with E-state index in [-0.39, 0.29) is 29.9 Å². The summed E-state index contributed by atoms with van der Waals surface area (Å²) < 4.78 is 31.1. The quantitative estimate of drug-likeness (QED) is 0.510. The van der Waals surface area contributed by atoms with E-state index in [0.29, 0.717) is 31.8 Å². The van der Waals surface area contributed by atoms with Gasteiger partial charge in [0.2, 0.25) is 0 Å². The molecule has 2 heterocycles. The summed E-state index contributed by atoms with van der Waals surface area (Å²) in [6.07, 6.45) is 1.70. The van der Waals surface area contributed by atoms with Gasteiger partial charge >= 0.3 is 0 Å². The topological polar surface area (TPSA) is 92.8 Å². The Morgan fingerprint density at radius 1 is 1.22 bits per heavy atom. The van der Waals surface area contributed by atoms with E-state index in [1.165, 1.54) is 11.8 Å². The molecule has 0 aromatic heterocycles. The Morgan fingerprint density at radius 2 is 2.00 bits per heavy atom. The number of thiocarbonyl (C=S) groups is 1. The Labute approximate surface area is 195 Å². The van der Waals surface area contributed by atoms with Crippen LogP contribution in [0.15, 0.2) is 52.3 Å². The molecular formula is C22H20N2O5S3. The van der Waals surface area contributed by atoms with Crippen LogP contribution in [0, 0.1) is 0 Å². The highest BCUT2D eigenvalue weighted by Gasteiger charge is 2.27. The van der Waals surface area contributed by atoms with Crippen molar-refractivity contribution in [1.82, 2.24) is 5.32 Å². The molecular weight excluding hydrogens is 468 g/mol. The number of thioether (sulfide) groups is 1. The molecule has 0 spiro atoms. The Morgan fingerprint density at radius 3 is 2.69 bits per heavy atom. The average Bonchev–Trinajstić information content (AvgIpc) is 3.07. The van der Waals surface area contributed by atoms with Crippen LogP contribution in [-0.2, 0) is 26.0 Å². The fraction of sp³-hybridized carbons (Fsp3) is 0.227. The largest absolute Gasteiger partial charge is 0.482 e. The Kier molecular flexibility index (Phi) is 6.11. The zero-order valence-electron chi connectivity index (χ0n) is 17.3. The van der Waals surface area contributed by atoms with E-state index in [2.05, 4.69) is 5.32 Å². The second kappa shape index (κ2) is 8.68. The summed E-state index contributed by atoms with van der Waals surface area (Å²) >= 11 is 6.20. The normalized spacial score (nSPS) is 17.5. The maximum atomic E-state index is 12.7. The fourth-order valence-electron chi connectivity index (χ4n) is 3.33. The van der Waals surface area contributed by atoms with Crippen LogP contribution >= 0.6 is 24.0 Å². The van der Waals surface area contributed by atoms with Crippen LogP contribution in [0.5, 0.6) is 5.75 Å². The number of anilines is 1. The van der Waals surface area contributed by atoms with Gasteiger partial charge in [0, 0.05) is 0 Å². The molecule has 0 atom stereocenters. The van der Waals surface area contributed by atoms with Gasteiger partial charge in [-0.15, -0.1) is 0 Å². The number of carbonyl (C=O) groups excluding carboxylic acids is 2. The maximum Gasteiger partial charge on any atom is 0.265 e. The Bertz CT molecular complexity index is 1270. The Hall–Kier alpha value is -2.69. The molecule has 2 aliphatic rings. The second-order valence-corrected chi connectivity index (χ2v) is 11.8. The Balaban J connectivity index is 1.67. The lowest BCUT2D eigenvalue weighted by molar-refractivity contribution is -0.121. The summed E-state index contributed by atoms with van der Waals surface area (Å²) in [5, 5.41) is 2.03. The van der Waals surface area contributed by atoms with Gasteiger partial charge in [-0.1, -0.05) is 42.2 Å². The molecule has 2 aromatic carbocycles. The lowest BCUT2D eigenvalue weighted by Gasteiger charge is -2.30. The standard InChI is InChI=1S/C22H20N2O5S3/c1-13(2)32(27,28)16-5-3-4-15(8-16)11-24-17-9-14(6-7-18(17)29-12-20(24)25)10-19-21(26)23-22(30)31-19/h3-10,13H,11-12H2,1-2H3,(H,23,26,30). The first kappa shape index (κ1) is 22.5. The summed E-state index contributed by atoms with van der Waals surface area (Å²) in [5.41, 5.74) is 1.96. The van der Waals surface area contributed by atoms with Crippen LogP contribution in [0.3, 0.4) is 0 Å². The van der Waals surface area contributed by atoms with Gasteiger partial charge in [-0.3, -0.25) is 9.59 Å². The van der Waals surface area contributed by atoms with Crippen molar-refractivity contribution in [2.45, 2.75) is 30.5 Å². The van der Waals surface area contributed by atoms with Crippen LogP contribution in [0.2, 0.25) is 0 Å². The molecule has 1 fully saturated rings. The van der Waals surface area contributed by atoms with Gasteiger partial charge in [0.1, 0.15) is 10.1 Å². The molecule has 0 unspecified atom stereocenters. The van der Waals surface area contributed by atoms with Crippen LogP contribution in [0.1, 0.15) is 25.0 Å². The number of rotatable bonds is 5. The highest BCUT2D eigenvalue weighted by Crippen LogP contribution is 2.36. The molecule has 2 amide bonds. The van der Waals surface area contributed by atoms with E-state index < -0.39 is 15.1 Å². The van der Waals surface area contributed by atoms with Crippen LogP contribution in [0.4, 0.5) is 5.69 Å². The molecule has 1 saturated heterocycles. The number of ether oxygens (including phenoxy) is 1. The smallest absolute Gasteiger partial charge is 0.265 e. The number of nitrogens with zero attached hydrogens (tertiary/aromatic N) is 1. The highest BCUT2D eigenvalue weighted by atomic mass is 32.2. The predicted octanol–water partition coefficient (Wildman–Crippen LogP) is 3.28. The molecule has 0 bridgehead atoms. The third-order valence-corrected chi connectivity index (χ3v) is 8.37. The average molecular weight is 489 g/mol. The SMILES string of the molecule is CC(C)S(=O)(=O)c1cccc(CN2C(=O)COc3ccc(C=C4SC(=S)NC4=O)cc32)c1. The van der Waals surface area contributed by atoms with E-state index in [9.17, 15) is 18.0 Å². The minimum Gasteiger partial charge on any atom is -0.482 e. The van der Waals surface area contributed by atoms with Gasteiger partial charge in [-0.05, 0) is 55.3 Å². The number of fused-ring (bicyclic) bond motifs is 1. The molecule has 10 heteroatoms. The van der Waals surface area contributed by atoms with Gasteiger partial charge in [0.05, 0.1) is 27.3 Å². The first-order chi connectivity index (χ1) is 15.1. The molecule has 2 aliphatic heterocycles. The minimum atomic E-state index is -3.43. The summed E-state index contributed by atoms with van der Waals surface area (Å²) in [6, 6.07) is 11.9. The monoisotopic (exact) mass is 488 g/mol. The molecule has 4 rings (SSSR count). The van der Waals surface area contributed by atoms with Crippen molar-refractivity contribution in [3.8, 4) is 5.75 Å². The van der Waals surface area contributed by atoms with Gasteiger partial charge in [0.25, 0.3) is 11.8 Å². The summed E-state index contributed by atoms with van der Waals surface area (Å²) in [4.78, 5) is 26.9. The number of hydrogen-bond donors (Lipinski definition) is 1. The third-order valence-electron chi connectivity index (χ3n) is 5.05. The molecule has 0 aliphatic carbocycles. The molecule has 0 radical (unpaired) electrons. The maximum absolute atomic E-state index is 12.7. The number of amides is 2. The van der Waals surface area contributed by atoms with Crippen molar-refractivity contribution in [3.05, 3.63) is 58.5 Å². The lowest BCUT2D eigenvalue weighted by Crippen LogP contribution is -2.38. The predicted molar refractivity (Wildman–Crippen MR) is 128 cm³/mol. The summed E-state index contributed by atoms with van der Waals surface area (Å²) in [7, 11) is -3.43. The minimum absolute atomic E-state index is 0.107. The number of benzene rings is 2. The number of carbonyl (C=O) groups is 2. The number of hydrogen-bond acceptors (Lipinski definition) is 7. The van der Waals surface area contributed by atoms with Crippen molar-refractivity contribution in [1.29, 1.82) is 0 Å². The van der Waals surface area contributed by atoms with Crippen molar-refractivity contribution in [3.63, 3.8) is 0 Å². The molecule has 2 aromatic rings. The third kappa shape index (κ3) is 4.43. The van der Waals surface area contributed by atoms with Gasteiger partial charge in [-0.25, -0.2) is 8.42 Å². The first-order valence-corrected chi connectivity index (χ1v) is 12.6. The molecule has 1 N–H and O–H groups in total. The van der Waals surface area contributed by atoms with Crippen LogP contribution < -0.4 is 15.0 Å². The summed E-state index contributed by atoms with van der Waals surface area (Å²) in [6.45, 7) is 3.35. The van der Waals surface area contributed by atoms with Gasteiger partial charge in [-0.2, -0.15) is 0 Å². The van der Waals surface area contributed by atoms with Crippen LogP contribution in [-0.4, -0.2) is 36.4 Å². The van der Waals surface area contributed by atoms with E-state index in [0.717, 1.165) is 0 Å². The van der Waals surface area contributed by atoms with Crippen molar-refractivity contribution in [2.24, 2.45) is 0 Å². The zero-order chi connectivity index (χ0) is 23.0. The van der Waals surface area contributed by atoms with Crippen molar-refractivity contribution < 1.29 is 22.7 Å².